The highest BCUT2D eigenvalue weighted by atomic mass is 16.5. The van der Waals surface area contributed by atoms with Crippen LogP contribution >= 0.6 is 0 Å². The summed E-state index contributed by atoms with van der Waals surface area (Å²) in [6.07, 6.45) is 4.43. The average molecular weight is 266 g/mol. The van der Waals surface area contributed by atoms with E-state index in [1.807, 2.05) is 4.90 Å². The lowest BCUT2D eigenvalue weighted by Gasteiger charge is -2.30. The van der Waals surface area contributed by atoms with Crippen LogP contribution in [0.2, 0.25) is 0 Å². The maximum Gasteiger partial charge on any atom is 0.292 e. The van der Waals surface area contributed by atoms with Gasteiger partial charge in [-0.2, -0.15) is 0 Å². The van der Waals surface area contributed by atoms with Crippen LogP contribution in [0.4, 0.5) is 0 Å². The van der Waals surface area contributed by atoms with Crippen molar-refractivity contribution in [3.63, 3.8) is 0 Å². The third-order valence-electron chi connectivity index (χ3n) is 3.59. The summed E-state index contributed by atoms with van der Waals surface area (Å²) in [5.41, 5.74) is 0.713. The van der Waals surface area contributed by atoms with Gasteiger partial charge >= 0.3 is 0 Å². The van der Waals surface area contributed by atoms with Crippen LogP contribution in [-0.2, 0) is 0 Å². The minimum atomic E-state index is -0.394. The first-order valence-electron chi connectivity index (χ1n) is 7.00. The third-order valence-corrected chi connectivity index (χ3v) is 3.59. The number of aryl methyl sites for hydroxylation is 1. The number of nitrogens with zero attached hydrogens (tertiary/aromatic N) is 2. The molecule has 1 aliphatic heterocycles. The van der Waals surface area contributed by atoms with E-state index in [2.05, 4.69) is 5.16 Å². The van der Waals surface area contributed by atoms with Crippen molar-refractivity contribution < 1.29 is 14.4 Å². The second-order valence-corrected chi connectivity index (χ2v) is 5.42. The molecule has 1 aliphatic rings. The highest BCUT2D eigenvalue weighted by Gasteiger charge is 2.29. The molecule has 2 unspecified atom stereocenters. The number of likely N-dealkylation sites (tertiary alicyclic amines) is 1. The molecule has 1 N–H and O–H groups in total. The van der Waals surface area contributed by atoms with Crippen molar-refractivity contribution in [1.29, 1.82) is 0 Å². The van der Waals surface area contributed by atoms with Gasteiger partial charge < -0.3 is 14.5 Å². The quantitative estimate of drug-likeness (QED) is 0.910. The Labute approximate surface area is 113 Å². The number of rotatable bonds is 3. The topological polar surface area (TPSA) is 66.6 Å². The number of aliphatic hydroxyl groups is 1. The first-order chi connectivity index (χ1) is 9.08. The van der Waals surface area contributed by atoms with Crippen molar-refractivity contribution in [3.8, 4) is 0 Å². The molecule has 2 atom stereocenters. The molecule has 0 saturated carbocycles. The van der Waals surface area contributed by atoms with Gasteiger partial charge in [0.1, 0.15) is 0 Å². The first-order valence-corrected chi connectivity index (χ1v) is 7.00. The average Bonchev–Trinajstić information content (AvgIpc) is 2.65. The fourth-order valence-electron chi connectivity index (χ4n) is 2.69. The van der Waals surface area contributed by atoms with E-state index < -0.39 is 6.10 Å². The molecule has 0 aromatic carbocycles. The van der Waals surface area contributed by atoms with Gasteiger partial charge in [-0.3, -0.25) is 4.79 Å². The zero-order valence-electron chi connectivity index (χ0n) is 11.6. The molecule has 2 heterocycles. The van der Waals surface area contributed by atoms with Crippen LogP contribution < -0.4 is 0 Å². The smallest absolute Gasteiger partial charge is 0.292 e. The van der Waals surface area contributed by atoms with Crippen molar-refractivity contribution in [2.24, 2.45) is 0 Å². The number of carbonyl (C=O) groups is 1. The van der Waals surface area contributed by atoms with Crippen molar-refractivity contribution in [3.05, 3.63) is 17.5 Å². The molecule has 1 aromatic heterocycles. The van der Waals surface area contributed by atoms with Gasteiger partial charge in [0, 0.05) is 18.7 Å². The molecule has 0 aliphatic carbocycles. The van der Waals surface area contributed by atoms with Gasteiger partial charge in [0.05, 0.1) is 11.8 Å². The number of hydrogen-bond acceptors (Lipinski definition) is 4. The fraction of sp³-hybridized carbons (Fsp3) is 0.714. The zero-order valence-corrected chi connectivity index (χ0v) is 11.6. The van der Waals surface area contributed by atoms with Gasteiger partial charge in [0.15, 0.2) is 0 Å². The minimum absolute atomic E-state index is 0.0976. The molecule has 1 saturated heterocycles. The van der Waals surface area contributed by atoms with Gasteiger partial charge in [-0.15, -0.1) is 0 Å². The van der Waals surface area contributed by atoms with Crippen molar-refractivity contribution in [2.75, 3.05) is 6.54 Å². The molecule has 0 bridgehead atoms. The van der Waals surface area contributed by atoms with Gasteiger partial charge in [-0.25, -0.2) is 0 Å². The van der Waals surface area contributed by atoms with Crippen molar-refractivity contribution >= 4 is 5.91 Å². The Morgan fingerprint density at radius 1 is 1.58 bits per heavy atom. The fourth-order valence-corrected chi connectivity index (χ4v) is 2.69. The molecule has 5 nitrogen and oxygen atoms in total. The molecular formula is C14H22N2O3. The second-order valence-electron chi connectivity index (χ2n) is 5.42. The van der Waals surface area contributed by atoms with Crippen LogP contribution in [0.25, 0.3) is 0 Å². The predicted molar refractivity (Wildman–Crippen MR) is 70.8 cm³/mol. The highest BCUT2D eigenvalue weighted by Crippen LogP contribution is 2.22. The van der Waals surface area contributed by atoms with Gasteiger partial charge in [0.25, 0.3) is 5.91 Å². The van der Waals surface area contributed by atoms with Crippen LogP contribution in [0.1, 0.15) is 55.3 Å². The number of aromatic nitrogens is 1. The van der Waals surface area contributed by atoms with Gasteiger partial charge in [-0.1, -0.05) is 18.0 Å². The molecule has 1 amide bonds. The standard InChI is InChI=1S/C14H22N2O3/c1-10-8-13(19-15-10)14(18)16-7-5-3-4-6-12(16)9-11(2)17/h8,11-12,17H,3-7,9H2,1-2H3. The molecule has 0 spiro atoms. The molecule has 1 aromatic rings. The Kier molecular flexibility index (Phi) is 4.58. The Morgan fingerprint density at radius 3 is 3.00 bits per heavy atom. The molecule has 0 radical (unpaired) electrons. The largest absolute Gasteiger partial charge is 0.393 e. The number of carbonyl (C=O) groups excluding carboxylic acids is 1. The van der Waals surface area contributed by atoms with E-state index in [1.165, 1.54) is 0 Å². The van der Waals surface area contributed by atoms with Gasteiger partial charge in [0.2, 0.25) is 5.76 Å². The Balaban J connectivity index is 2.14. The first kappa shape index (κ1) is 14.1. The van der Waals surface area contributed by atoms with Crippen LogP contribution in [0.15, 0.2) is 10.6 Å². The summed E-state index contributed by atoms with van der Waals surface area (Å²) in [5.74, 6) is 0.197. The lowest BCUT2D eigenvalue weighted by Crippen LogP contribution is -2.41. The van der Waals surface area contributed by atoms with Crippen LogP contribution in [0, 0.1) is 6.92 Å². The second kappa shape index (κ2) is 6.19. The predicted octanol–water partition coefficient (Wildman–Crippen LogP) is 2.14. The molecule has 5 heteroatoms. The van der Waals surface area contributed by atoms with Crippen LogP contribution in [0.3, 0.4) is 0 Å². The Hall–Kier alpha value is -1.36. The van der Waals surface area contributed by atoms with E-state index in [0.717, 1.165) is 32.2 Å². The summed E-state index contributed by atoms with van der Waals surface area (Å²) < 4.78 is 5.07. The molecule has 1 fully saturated rings. The Morgan fingerprint density at radius 2 is 2.37 bits per heavy atom. The van der Waals surface area contributed by atoms with Gasteiger partial charge in [-0.05, 0) is 33.1 Å². The van der Waals surface area contributed by atoms with E-state index in [9.17, 15) is 9.90 Å². The summed E-state index contributed by atoms with van der Waals surface area (Å²) in [6.45, 7) is 4.30. The highest BCUT2D eigenvalue weighted by molar-refractivity contribution is 5.91. The Bertz CT molecular complexity index is 428. The third kappa shape index (κ3) is 3.56. The summed E-state index contributed by atoms with van der Waals surface area (Å²) in [6, 6.07) is 1.77. The normalized spacial score (nSPS) is 22.1. The summed E-state index contributed by atoms with van der Waals surface area (Å²) in [5, 5.41) is 13.4. The maximum atomic E-state index is 12.5. The maximum absolute atomic E-state index is 12.5. The molecule has 19 heavy (non-hydrogen) atoms. The number of aliphatic hydroxyl groups excluding tert-OH is 1. The van der Waals surface area contributed by atoms with E-state index in [1.54, 1.807) is 19.9 Å². The summed E-state index contributed by atoms with van der Waals surface area (Å²) in [4.78, 5) is 14.3. The lowest BCUT2D eigenvalue weighted by molar-refractivity contribution is 0.0567. The molecule has 2 rings (SSSR count). The summed E-state index contributed by atoms with van der Waals surface area (Å²) in [7, 11) is 0. The van der Waals surface area contributed by atoms with E-state index in [4.69, 9.17) is 4.52 Å². The van der Waals surface area contributed by atoms with E-state index in [-0.39, 0.29) is 11.9 Å². The monoisotopic (exact) mass is 266 g/mol. The molecular weight excluding hydrogens is 244 g/mol. The summed E-state index contributed by atoms with van der Waals surface area (Å²) >= 11 is 0. The van der Waals surface area contributed by atoms with Crippen molar-refractivity contribution in [1.82, 2.24) is 10.1 Å². The SMILES string of the molecule is Cc1cc(C(=O)N2CCCCCC2CC(C)O)on1. The van der Waals surface area contributed by atoms with E-state index >= 15 is 0 Å². The molecule has 106 valence electrons. The number of hydrogen-bond donors (Lipinski definition) is 1. The van der Waals surface area contributed by atoms with E-state index in [0.29, 0.717) is 17.9 Å². The zero-order chi connectivity index (χ0) is 13.8. The van der Waals surface area contributed by atoms with Crippen molar-refractivity contribution in [2.45, 2.75) is 58.1 Å². The minimum Gasteiger partial charge on any atom is -0.393 e. The van der Waals surface area contributed by atoms with Crippen LogP contribution in [-0.4, -0.2) is 39.8 Å². The lowest BCUT2D eigenvalue weighted by atomic mass is 10.0. The number of amides is 1. The van der Waals surface area contributed by atoms with Crippen LogP contribution in [0.5, 0.6) is 0 Å².